The van der Waals surface area contributed by atoms with Crippen LogP contribution < -0.4 is 0 Å². The van der Waals surface area contributed by atoms with Crippen molar-refractivity contribution in [2.75, 3.05) is 13.2 Å². The molecule has 6 nitrogen and oxygen atoms in total. The molecule has 6 heteroatoms. The van der Waals surface area contributed by atoms with Crippen molar-refractivity contribution in [2.45, 2.75) is 83.0 Å². The fraction of sp³-hybridized carbons (Fsp3) is 0.652. The van der Waals surface area contributed by atoms with Crippen LogP contribution in [-0.4, -0.2) is 57.3 Å². The fourth-order valence-corrected chi connectivity index (χ4v) is 3.14. The molecule has 3 unspecified atom stereocenters. The van der Waals surface area contributed by atoms with Crippen LogP contribution in [0, 0.1) is 19.3 Å². The Hall–Kier alpha value is -1.46. The first-order valence-electron chi connectivity index (χ1n) is 10.5. The average Bonchev–Trinajstić information content (AvgIpc) is 2.70. The van der Waals surface area contributed by atoms with Gasteiger partial charge in [0.25, 0.3) is 0 Å². The van der Waals surface area contributed by atoms with Crippen molar-refractivity contribution in [3.8, 4) is 12.3 Å². The number of unbranched alkanes of at least 4 members (excludes halogenated alkanes) is 5. The van der Waals surface area contributed by atoms with Gasteiger partial charge in [-0.3, -0.25) is 10.4 Å². The van der Waals surface area contributed by atoms with Crippen LogP contribution >= 0.6 is 0 Å². The van der Waals surface area contributed by atoms with Gasteiger partial charge in [0.05, 0.1) is 25.4 Å². The minimum Gasteiger partial charge on any atom is -0.390 e. The van der Waals surface area contributed by atoms with Gasteiger partial charge in [-0.15, -0.1) is 12.3 Å². The highest BCUT2D eigenvalue weighted by Crippen LogP contribution is 2.17. The first-order chi connectivity index (χ1) is 13.9. The van der Waals surface area contributed by atoms with Gasteiger partial charge in [0, 0.05) is 12.8 Å². The van der Waals surface area contributed by atoms with Gasteiger partial charge in [-0.05, 0) is 38.2 Å². The number of benzene rings is 1. The Balaban J connectivity index is 0.000000296. The smallest absolute Gasteiger partial charge is 0.103 e. The molecule has 2 rings (SSSR count). The molecule has 0 amide bonds. The molecule has 1 aliphatic rings. The summed E-state index contributed by atoms with van der Waals surface area (Å²) in [5.74, 6) is 2.69. The molecule has 1 aliphatic heterocycles. The third-order valence-electron chi connectivity index (χ3n) is 5.01. The molecule has 1 aromatic rings. The highest BCUT2D eigenvalue weighted by atomic mass is 16.8. The number of aliphatic hydroxyl groups is 2. The van der Waals surface area contributed by atoms with E-state index in [-0.39, 0.29) is 24.5 Å². The molecule has 0 saturated carbocycles. The van der Waals surface area contributed by atoms with E-state index in [1.165, 1.54) is 49.7 Å². The Morgan fingerprint density at radius 2 is 1.69 bits per heavy atom. The number of hydrogen-bond donors (Lipinski definition) is 4. The number of ether oxygens (including phenoxy) is 1. The maximum absolute atomic E-state index is 9.24. The zero-order valence-corrected chi connectivity index (χ0v) is 17.5. The van der Waals surface area contributed by atoms with Crippen molar-refractivity contribution in [1.82, 2.24) is 5.23 Å². The van der Waals surface area contributed by atoms with Crippen molar-refractivity contribution in [3.05, 3.63) is 35.4 Å². The van der Waals surface area contributed by atoms with Gasteiger partial charge in [-0.1, -0.05) is 54.3 Å². The highest BCUT2D eigenvalue weighted by molar-refractivity contribution is 5.21. The molecule has 3 atom stereocenters. The number of hydroxylamine groups is 2. The lowest BCUT2D eigenvalue weighted by atomic mass is 10.0. The Kier molecular flexibility index (Phi) is 13.6. The Labute approximate surface area is 175 Å². The molecule has 0 spiro atoms. The van der Waals surface area contributed by atoms with Crippen LogP contribution in [0.2, 0.25) is 0 Å². The number of terminal acetylenes is 1. The Morgan fingerprint density at radius 1 is 1.03 bits per heavy atom. The Morgan fingerprint density at radius 3 is 2.31 bits per heavy atom. The summed E-state index contributed by atoms with van der Waals surface area (Å²) in [6, 6.07) is 8.88. The zero-order valence-electron chi connectivity index (χ0n) is 17.5. The van der Waals surface area contributed by atoms with Gasteiger partial charge in [-0.25, -0.2) is 0 Å². The summed E-state index contributed by atoms with van der Waals surface area (Å²) in [6.45, 7) is 2.30. The molecular formula is C23H37NO5. The molecule has 0 aromatic heterocycles. The first kappa shape index (κ1) is 25.6. The molecule has 164 valence electrons. The number of hydrogen-bond acceptors (Lipinski definition) is 6. The van der Waals surface area contributed by atoms with E-state index in [1.54, 1.807) is 0 Å². The van der Waals surface area contributed by atoms with E-state index >= 15 is 0 Å². The number of aryl methyl sites for hydroxylation is 2. The van der Waals surface area contributed by atoms with Gasteiger partial charge in [0.15, 0.2) is 0 Å². The van der Waals surface area contributed by atoms with E-state index in [0.717, 1.165) is 6.42 Å². The number of aliphatic hydroxyl groups excluding tert-OH is 2. The topological polar surface area (TPSA) is 93.4 Å². The van der Waals surface area contributed by atoms with Crippen molar-refractivity contribution in [1.29, 1.82) is 0 Å². The molecule has 4 N–H and O–H groups in total. The van der Waals surface area contributed by atoms with Crippen molar-refractivity contribution < 1.29 is 25.4 Å². The van der Waals surface area contributed by atoms with Crippen molar-refractivity contribution in [3.63, 3.8) is 0 Å². The lowest BCUT2D eigenvalue weighted by Crippen LogP contribution is -2.42. The van der Waals surface area contributed by atoms with Gasteiger partial charge in [0.2, 0.25) is 0 Å². The highest BCUT2D eigenvalue weighted by Gasteiger charge is 2.28. The lowest BCUT2D eigenvalue weighted by Gasteiger charge is -2.30. The van der Waals surface area contributed by atoms with Gasteiger partial charge >= 0.3 is 0 Å². The lowest BCUT2D eigenvalue weighted by molar-refractivity contribution is -0.309. The molecule has 1 fully saturated rings. The third kappa shape index (κ3) is 12.7. The average molecular weight is 408 g/mol. The summed E-state index contributed by atoms with van der Waals surface area (Å²) in [6.07, 6.45) is 12.7. The molecule has 1 heterocycles. The van der Waals surface area contributed by atoms with E-state index in [4.69, 9.17) is 26.7 Å². The summed E-state index contributed by atoms with van der Waals surface area (Å²) < 4.78 is 5.15. The van der Waals surface area contributed by atoms with E-state index in [0.29, 0.717) is 12.8 Å². The van der Waals surface area contributed by atoms with E-state index in [1.807, 2.05) is 0 Å². The van der Waals surface area contributed by atoms with Crippen LogP contribution in [0.5, 0.6) is 0 Å². The maximum atomic E-state index is 9.24. The number of rotatable bonds is 10. The fourth-order valence-electron chi connectivity index (χ4n) is 3.14. The standard InChI is InChI=1S/C16H22.C7H15NO5/c1-3-4-5-6-7-8-9-10-16-13-11-15(2)12-14-16;9-6-3-5(1-2-8(11)12)13-4-7(6)10/h1,11-14H,4-10H2,2H3;5-7,9-12H,1-4H2. The van der Waals surface area contributed by atoms with Crippen LogP contribution in [0.15, 0.2) is 24.3 Å². The minimum absolute atomic E-state index is 0.0630. The molecule has 0 radical (unpaired) electrons. The molecule has 0 bridgehead atoms. The maximum Gasteiger partial charge on any atom is 0.103 e. The predicted molar refractivity (Wildman–Crippen MR) is 113 cm³/mol. The van der Waals surface area contributed by atoms with Gasteiger partial charge < -0.3 is 14.9 Å². The molecule has 1 aromatic carbocycles. The summed E-state index contributed by atoms with van der Waals surface area (Å²) in [5.41, 5.74) is 2.81. The minimum atomic E-state index is -0.824. The molecular weight excluding hydrogens is 370 g/mol. The van der Waals surface area contributed by atoms with Crippen LogP contribution in [0.3, 0.4) is 0 Å². The second-order valence-electron chi connectivity index (χ2n) is 7.67. The quantitative estimate of drug-likeness (QED) is 0.270. The Bertz CT molecular complexity index is 570. The van der Waals surface area contributed by atoms with Crippen LogP contribution in [-0.2, 0) is 11.2 Å². The van der Waals surface area contributed by atoms with Crippen molar-refractivity contribution >= 4 is 0 Å². The summed E-state index contributed by atoms with van der Waals surface area (Å²) in [7, 11) is 0. The largest absolute Gasteiger partial charge is 0.390 e. The van der Waals surface area contributed by atoms with Gasteiger partial charge in [-0.2, -0.15) is 0 Å². The molecule has 1 saturated heterocycles. The monoisotopic (exact) mass is 407 g/mol. The normalized spacial score (nSPS) is 21.3. The zero-order chi connectivity index (χ0) is 21.5. The van der Waals surface area contributed by atoms with Crippen LogP contribution in [0.4, 0.5) is 0 Å². The van der Waals surface area contributed by atoms with Crippen molar-refractivity contribution in [2.24, 2.45) is 0 Å². The van der Waals surface area contributed by atoms with E-state index < -0.39 is 12.2 Å². The molecule has 0 aliphatic carbocycles. The number of nitrogens with zero attached hydrogens (tertiary/aromatic N) is 1. The van der Waals surface area contributed by atoms with E-state index in [9.17, 15) is 5.11 Å². The third-order valence-corrected chi connectivity index (χ3v) is 5.01. The second-order valence-corrected chi connectivity index (χ2v) is 7.67. The van der Waals surface area contributed by atoms with E-state index in [2.05, 4.69) is 37.1 Å². The summed E-state index contributed by atoms with van der Waals surface area (Å²) >= 11 is 0. The van der Waals surface area contributed by atoms with Crippen LogP contribution in [0.1, 0.15) is 62.5 Å². The van der Waals surface area contributed by atoms with Crippen LogP contribution in [0.25, 0.3) is 0 Å². The van der Waals surface area contributed by atoms with Gasteiger partial charge in [0.1, 0.15) is 6.10 Å². The summed E-state index contributed by atoms with van der Waals surface area (Å²) in [4.78, 5) is 0. The summed E-state index contributed by atoms with van der Waals surface area (Å²) in [5, 5.41) is 35.3. The predicted octanol–water partition coefficient (Wildman–Crippen LogP) is 3.48. The molecule has 29 heavy (non-hydrogen) atoms. The SMILES string of the molecule is C#CCCCCCCCc1ccc(C)cc1.OC1COC(CCN(O)O)CC1O. The second kappa shape index (κ2) is 15.4. The first-order valence-corrected chi connectivity index (χ1v) is 10.5.